The Morgan fingerprint density at radius 3 is 2.29 bits per heavy atom. The Balaban J connectivity index is 1.37. The standard InChI is InChI=1S/C43H54F2N6O7S/c1-43(2,3)41(35-23-30(32-24-31(44)14-15-33(32)45)26-49(35)25-29-11-6-4-7-12-29)51(22-10-19-46)40(56)28-59-27-34(42(57)58)48-37(53)18-20-47-36(52)13-8-5-9-21-50-38(54)16-17-39(50)55/h4,6-7,11-12,14-17,23-24,26,34,41H,5,8-10,13,18-22,25,27-28,46H2,1-3H3,(H,47,52)(H,48,53)(H,57,58)/t34-,41-/m0/s1. The van der Waals surface area contributed by atoms with Gasteiger partial charge in [0.1, 0.15) is 17.7 Å². The molecule has 0 unspecified atom stereocenters. The molecule has 0 spiro atoms. The van der Waals surface area contributed by atoms with Gasteiger partial charge in [0.25, 0.3) is 11.8 Å². The maximum Gasteiger partial charge on any atom is 0.327 e. The SMILES string of the molecule is CC(C)(C)[C@H](c1cc(-c2cc(F)ccc2F)cn1Cc1ccccc1)N(CCCN)C(=O)CSC[C@H](NC(=O)CCNC(=O)CCCCCN1C(=O)C=CC1=O)C(=O)O. The van der Waals surface area contributed by atoms with Crippen molar-refractivity contribution in [2.45, 2.75) is 77.9 Å². The van der Waals surface area contributed by atoms with Gasteiger partial charge in [0, 0.05) is 79.9 Å². The Hall–Kier alpha value is -5.35. The Morgan fingerprint density at radius 2 is 1.63 bits per heavy atom. The number of carbonyl (C=O) groups is 6. The van der Waals surface area contributed by atoms with Gasteiger partial charge in [-0.2, -0.15) is 0 Å². The van der Waals surface area contributed by atoms with E-state index in [9.17, 15) is 38.3 Å². The molecule has 59 heavy (non-hydrogen) atoms. The van der Waals surface area contributed by atoms with E-state index in [2.05, 4.69) is 10.6 Å². The lowest BCUT2D eigenvalue weighted by Gasteiger charge is -2.41. The zero-order valence-corrected chi connectivity index (χ0v) is 34.6. The van der Waals surface area contributed by atoms with Crippen LogP contribution in [-0.4, -0.2) is 98.7 Å². The molecular formula is C43H54F2N6O7S. The number of thioether (sulfide) groups is 1. The first-order valence-electron chi connectivity index (χ1n) is 19.7. The van der Waals surface area contributed by atoms with Gasteiger partial charge in [-0.1, -0.05) is 57.5 Å². The van der Waals surface area contributed by atoms with Gasteiger partial charge in [0.05, 0.1) is 11.8 Å². The lowest BCUT2D eigenvalue weighted by Crippen LogP contribution is -2.45. The van der Waals surface area contributed by atoms with Crippen molar-refractivity contribution in [3.05, 3.63) is 95.8 Å². The third kappa shape index (κ3) is 13.9. The summed E-state index contributed by atoms with van der Waals surface area (Å²) in [5, 5.41) is 15.0. The smallest absolute Gasteiger partial charge is 0.327 e. The monoisotopic (exact) mass is 836 g/mol. The van der Waals surface area contributed by atoms with Crippen molar-refractivity contribution in [3.63, 3.8) is 0 Å². The number of amides is 5. The van der Waals surface area contributed by atoms with Crippen LogP contribution in [0.5, 0.6) is 0 Å². The second kappa shape index (κ2) is 22.1. The van der Waals surface area contributed by atoms with Crippen molar-refractivity contribution >= 4 is 47.3 Å². The quantitative estimate of drug-likeness (QED) is 0.0751. The molecule has 1 aliphatic heterocycles. The molecule has 318 valence electrons. The van der Waals surface area contributed by atoms with Crippen molar-refractivity contribution in [3.8, 4) is 11.1 Å². The van der Waals surface area contributed by atoms with Gasteiger partial charge in [-0.15, -0.1) is 11.8 Å². The summed E-state index contributed by atoms with van der Waals surface area (Å²) in [5.74, 6) is -4.53. The van der Waals surface area contributed by atoms with Crippen molar-refractivity contribution in [1.29, 1.82) is 0 Å². The molecule has 1 aromatic heterocycles. The Morgan fingerprint density at radius 1 is 0.915 bits per heavy atom. The van der Waals surface area contributed by atoms with E-state index in [4.69, 9.17) is 5.73 Å². The second-order valence-corrected chi connectivity index (χ2v) is 16.5. The molecule has 0 radical (unpaired) electrons. The second-order valence-electron chi connectivity index (χ2n) is 15.4. The van der Waals surface area contributed by atoms with E-state index in [1.807, 2.05) is 55.7 Å². The molecule has 16 heteroatoms. The fourth-order valence-corrected chi connectivity index (χ4v) is 7.77. The molecule has 0 fully saturated rings. The highest BCUT2D eigenvalue weighted by molar-refractivity contribution is 8.00. The molecule has 0 saturated carbocycles. The van der Waals surface area contributed by atoms with Crippen molar-refractivity contribution in [2.75, 3.05) is 37.7 Å². The summed E-state index contributed by atoms with van der Waals surface area (Å²) in [6.45, 7) is 7.19. The highest BCUT2D eigenvalue weighted by Crippen LogP contribution is 2.41. The van der Waals surface area contributed by atoms with Gasteiger partial charge < -0.3 is 30.9 Å². The third-order valence-corrected chi connectivity index (χ3v) is 10.7. The first-order valence-corrected chi connectivity index (χ1v) is 20.8. The van der Waals surface area contributed by atoms with Crippen LogP contribution >= 0.6 is 11.8 Å². The van der Waals surface area contributed by atoms with Gasteiger partial charge in [-0.25, -0.2) is 13.6 Å². The number of hydrogen-bond donors (Lipinski definition) is 4. The number of carboxylic acids is 1. The maximum absolute atomic E-state index is 15.1. The molecule has 2 atom stereocenters. The first kappa shape index (κ1) is 46.3. The molecule has 3 aromatic rings. The molecule has 5 amide bonds. The third-order valence-electron chi connectivity index (χ3n) is 9.70. The number of unbranched alkanes of at least 4 members (excludes halogenated alkanes) is 2. The minimum absolute atomic E-state index is 0.00501. The van der Waals surface area contributed by atoms with E-state index in [1.165, 1.54) is 12.2 Å². The van der Waals surface area contributed by atoms with Crippen LogP contribution in [0.3, 0.4) is 0 Å². The van der Waals surface area contributed by atoms with Gasteiger partial charge in [-0.3, -0.25) is 28.9 Å². The molecule has 0 bridgehead atoms. The number of hydrogen-bond acceptors (Lipinski definition) is 8. The summed E-state index contributed by atoms with van der Waals surface area (Å²) in [4.78, 5) is 77.3. The van der Waals surface area contributed by atoms with Crippen LogP contribution in [0.25, 0.3) is 11.1 Å². The number of carboxylic acid groups (broad SMARTS) is 1. The molecule has 0 saturated heterocycles. The first-order chi connectivity index (χ1) is 28.1. The minimum Gasteiger partial charge on any atom is -0.480 e. The largest absolute Gasteiger partial charge is 0.480 e. The summed E-state index contributed by atoms with van der Waals surface area (Å²) >= 11 is 1.06. The molecule has 4 rings (SSSR count). The number of nitrogens with zero attached hydrogens (tertiary/aromatic N) is 3. The Bertz CT molecular complexity index is 1970. The van der Waals surface area contributed by atoms with E-state index in [0.29, 0.717) is 50.0 Å². The van der Waals surface area contributed by atoms with Gasteiger partial charge in [0.15, 0.2) is 0 Å². The molecular weight excluding hydrogens is 783 g/mol. The summed E-state index contributed by atoms with van der Waals surface area (Å²) < 4.78 is 31.4. The lowest BCUT2D eigenvalue weighted by molar-refractivity contribution is -0.141. The number of imide groups is 1. The minimum atomic E-state index is -1.30. The predicted molar refractivity (Wildman–Crippen MR) is 222 cm³/mol. The van der Waals surface area contributed by atoms with Gasteiger partial charge >= 0.3 is 5.97 Å². The average Bonchev–Trinajstić information content (AvgIpc) is 3.73. The fraction of sp³-hybridized carbons (Fsp3) is 0.442. The van der Waals surface area contributed by atoms with Crippen LogP contribution in [0, 0.1) is 17.0 Å². The number of benzene rings is 2. The van der Waals surface area contributed by atoms with Crippen molar-refractivity contribution in [1.82, 2.24) is 25.0 Å². The molecule has 13 nitrogen and oxygen atoms in total. The van der Waals surface area contributed by atoms with Gasteiger partial charge in [0.2, 0.25) is 17.7 Å². The summed E-state index contributed by atoms with van der Waals surface area (Å²) in [5.41, 5.74) is 7.54. The zero-order valence-electron chi connectivity index (χ0n) is 33.8. The van der Waals surface area contributed by atoms with Crippen LogP contribution < -0.4 is 16.4 Å². The van der Waals surface area contributed by atoms with E-state index in [1.54, 1.807) is 17.2 Å². The molecule has 1 aliphatic rings. The number of halogens is 2. The number of aromatic nitrogens is 1. The van der Waals surface area contributed by atoms with Crippen LogP contribution in [0.1, 0.15) is 76.6 Å². The van der Waals surface area contributed by atoms with Gasteiger partial charge in [-0.05, 0) is 61.1 Å². The number of carbonyl (C=O) groups excluding carboxylic acids is 5. The number of aliphatic carboxylic acids is 1. The molecule has 0 aliphatic carbocycles. The van der Waals surface area contributed by atoms with Crippen LogP contribution in [0.2, 0.25) is 0 Å². The normalized spacial score (nSPS) is 13.7. The molecule has 2 aromatic carbocycles. The Kier molecular flexibility index (Phi) is 17.4. The maximum atomic E-state index is 15.1. The van der Waals surface area contributed by atoms with E-state index < -0.39 is 41.0 Å². The topological polar surface area (TPSA) is 184 Å². The Labute approximate surface area is 347 Å². The van der Waals surface area contributed by atoms with Crippen molar-refractivity contribution < 1.29 is 42.7 Å². The van der Waals surface area contributed by atoms with E-state index >= 15 is 4.39 Å². The lowest BCUT2D eigenvalue weighted by atomic mass is 9.83. The summed E-state index contributed by atoms with van der Waals surface area (Å²) in [6.07, 6.45) is 6.41. The number of nitrogens with one attached hydrogen (secondary N) is 2. The predicted octanol–water partition coefficient (Wildman–Crippen LogP) is 5.04. The highest BCUT2D eigenvalue weighted by atomic mass is 32.2. The van der Waals surface area contributed by atoms with Crippen LogP contribution in [-0.2, 0) is 35.3 Å². The van der Waals surface area contributed by atoms with E-state index in [0.717, 1.165) is 40.4 Å². The fourth-order valence-electron chi connectivity index (χ4n) is 6.85. The summed E-state index contributed by atoms with van der Waals surface area (Å²) in [6, 6.07) is 12.8. The molecule has 2 heterocycles. The molecule has 5 N–H and O–H groups in total. The van der Waals surface area contributed by atoms with Crippen molar-refractivity contribution in [2.24, 2.45) is 11.1 Å². The van der Waals surface area contributed by atoms with E-state index in [-0.39, 0.29) is 73.2 Å². The summed E-state index contributed by atoms with van der Waals surface area (Å²) in [7, 11) is 0. The number of nitrogens with two attached hydrogens (primary N) is 1. The zero-order chi connectivity index (χ0) is 43.1. The average molecular weight is 837 g/mol. The number of rotatable bonds is 23. The van der Waals surface area contributed by atoms with Crippen LogP contribution in [0.15, 0.2) is 72.9 Å². The van der Waals surface area contributed by atoms with Crippen LogP contribution in [0.4, 0.5) is 8.78 Å². The highest BCUT2D eigenvalue weighted by Gasteiger charge is 2.37.